The van der Waals surface area contributed by atoms with Crippen molar-refractivity contribution in [2.24, 2.45) is 0 Å². The number of carbonyl (C=O) groups is 1. The molecule has 44 valence electrons. The van der Waals surface area contributed by atoms with Crippen molar-refractivity contribution in [3.8, 4) is 12.3 Å². The minimum atomic E-state index is -1.34. The average molecular weight is 114 g/mol. The third-order valence-electron chi connectivity index (χ3n) is 0.512. The van der Waals surface area contributed by atoms with Crippen LogP contribution >= 0.6 is 0 Å². The maximum Gasteiger partial charge on any atom is 0.507 e. The first-order chi connectivity index (χ1) is 3.66. The van der Waals surface area contributed by atoms with E-state index in [1.807, 2.05) is 0 Å². The molecule has 0 saturated heterocycles. The Kier molecular flexibility index (Phi) is 2.49. The van der Waals surface area contributed by atoms with Gasteiger partial charge in [0, 0.05) is 0 Å². The third-order valence-corrected chi connectivity index (χ3v) is 0.512. The maximum absolute atomic E-state index is 9.65. The number of hydrogen-bond donors (Lipinski definition) is 1. The molecule has 0 aliphatic carbocycles. The summed E-state index contributed by atoms with van der Waals surface area (Å²) in [5.41, 5.74) is 0. The molecular formula is C5H6O3. The fourth-order valence-electron chi connectivity index (χ4n) is 0.185. The Hall–Kier alpha value is -1.17. The highest BCUT2D eigenvalue weighted by Crippen LogP contribution is 1.85. The largest absolute Gasteiger partial charge is 0.507 e. The highest BCUT2D eigenvalue weighted by atomic mass is 16.7. The zero-order valence-corrected chi connectivity index (χ0v) is 4.42. The van der Waals surface area contributed by atoms with E-state index in [0.29, 0.717) is 0 Å². The van der Waals surface area contributed by atoms with E-state index in [2.05, 4.69) is 10.7 Å². The Morgan fingerprint density at radius 1 is 2.00 bits per heavy atom. The van der Waals surface area contributed by atoms with Crippen molar-refractivity contribution < 1.29 is 14.6 Å². The molecule has 3 heteroatoms. The van der Waals surface area contributed by atoms with E-state index in [9.17, 15) is 4.79 Å². The highest BCUT2D eigenvalue weighted by Gasteiger charge is 2.00. The molecule has 0 aromatic rings. The van der Waals surface area contributed by atoms with E-state index < -0.39 is 12.3 Å². The summed E-state index contributed by atoms with van der Waals surface area (Å²) in [5, 5.41) is 7.90. The molecule has 0 amide bonds. The molecule has 0 saturated carbocycles. The summed E-state index contributed by atoms with van der Waals surface area (Å²) in [6, 6.07) is 0. The number of rotatable bonds is 1. The predicted octanol–water partition coefficient (Wildman–Crippen LogP) is 0.703. The second kappa shape index (κ2) is 2.92. The molecule has 1 unspecified atom stereocenters. The fourth-order valence-corrected chi connectivity index (χ4v) is 0.185. The molecule has 0 spiro atoms. The van der Waals surface area contributed by atoms with E-state index in [-0.39, 0.29) is 0 Å². The Morgan fingerprint density at radius 2 is 2.50 bits per heavy atom. The van der Waals surface area contributed by atoms with Gasteiger partial charge in [-0.2, -0.15) is 0 Å². The second-order valence-electron chi connectivity index (χ2n) is 1.19. The molecule has 0 aliphatic rings. The minimum absolute atomic E-state index is 0.646. The van der Waals surface area contributed by atoms with Crippen LogP contribution in [0.25, 0.3) is 0 Å². The minimum Gasteiger partial charge on any atom is -0.450 e. The topological polar surface area (TPSA) is 46.5 Å². The van der Waals surface area contributed by atoms with Crippen LogP contribution in [-0.4, -0.2) is 17.4 Å². The molecule has 3 nitrogen and oxygen atoms in total. The molecule has 0 aromatic carbocycles. The molecule has 0 aliphatic heterocycles. The SMILES string of the molecule is C#CC(C)OC(=O)O. The molecule has 0 rings (SSSR count). The number of carboxylic acid groups (broad SMARTS) is 1. The van der Waals surface area contributed by atoms with Gasteiger partial charge in [-0.05, 0) is 6.92 Å². The van der Waals surface area contributed by atoms with Gasteiger partial charge in [-0.1, -0.05) is 5.92 Å². The van der Waals surface area contributed by atoms with E-state index in [1.54, 1.807) is 0 Å². The molecule has 1 atom stereocenters. The zero-order chi connectivity index (χ0) is 6.57. The predicted molar refractivity (Wildman–Crippen MR) is 27.4 cm³/mol. The average Bonchev–Trinajstić information content (AvgIpc) is 1.65. The Bertz CT molecular complexity index is 122. The first kappa shape index (κ1) is 6.83. The standard InChI is InChI=1S/C5H6O3/c1-3-4(2)8-5(6)7/h1,4H,2H3,(H,6,7). The molecule has 1 N–H and O–H groups in total. The summed E-state index contributed by atoms with van der Waals surface area (Å²) in [7, 11) is 0. The van der Waals surface area contributed by atoms with Gasteiger partial charge in [-0.25, -0.2) is 4.79 Å². The van der Waals surface area contributed by atoms with Gasteiger partial charge < -0.3 is 9.84 Å². The van der Waals surface area contributed by atoms with Gasteiger partial charge in [0.15, 0.2) is 6.10 Å². The third kappa shape index (κ3) is 3.04. The summed E-state index contributed by atoms with van der Waals surface area (Å²) in [4.78, 5) is 9.65. The van der Waals surface area contributed by atoms with E-state index >= 15 is 0 Å². The first-order valence-electron chi connectivity index (χ1n) is 2.02. The van der Waals surface area contributed by atoms with Crippen LogP contribution in [0.4, 0.5) is 4.79 Å². The van der Waals surface area contributed by atoms with Gasteiger partial charge in [-0.15, -0.1) is 6.42 Å². The maximum atomic E-state index is 9.65. The van der Waals surface area contributed by atoms with Crippen molar-refractivity contribution in [1.29, 1.82) is 0 Å². The van der Waals surface area contributed by atoms with Gasteiger partial charge in [-0.3, -0.25) is 0 Å². The highest BCUT2D eigenvalue weighted by molar-refractivity contribution is 5.57. The molecule has 0 fully saturated rings. The summed E-state index contributed by atoms with van der Waals surface area (Å²) < 4.78 is 4.08. The summed E-state index contributed by atoms with van der Waals surface area (Å²) in [5.74, 6) is 2.09. The van der Waals surface area contributed by atoms with Crippen LogP contribution in [0.15, 0.2) is 0 Å². The molecular weight excluding hydrogens is 108 g/mol. The lowest BCUT2D eigenvalue weighted by Gasteiger charge is -1.99. The first-order valence-corrected chi connectivity index (χ1v) is 2.02. The zero-order valence-electron chi connectivity index (χ0n) is 4.42. The number of ether oxygens (including phenoxy) is 1. The van der Waals surface area contributed by atoms with Crippen molar-refractivity contribution in [2.45, 2.75) is 13.0 Å². The van der Waals surface area contributed by atoms with Gasteiger partial charge in [0.05, 0.1) is 0 Å². The number of hydrogen-bond acceptors (Lipinski definition) is 2. The van der Waals surface area contributed by atoms with Gasteiger partial charge >= 0.3 is 6.16 Å². The van der Waals surface area contributed by atoms with E-state index in [4.69, 9.17) is 11.5 Å². The van der Waals surface area contributed by atoms with Gasteiger partial charge in [0.25, 0.3) is 0 Å². The molecule has 0 aromatic heterocycles. The van der Waals surface area contributed by atoms with Crippen molar-refractivity contribution in [1.82, 2.24) is 0 Å². The lowest BCUT2D eigenvalue weighted by molar-refractivity contribution is 0.0781. The van der Waals surface area contributed by atoms with Gasteiger partial charge in [0.2, 0.25) is 0 Å². The van der Waals surface area contributed by atoms with Crippen molar-refractivity contribution in [3.05, 3.63) is 0 Å². The van der Waals surface area contributed by atoms with Crippen LogP contribution in [0.5, 0.6) is 0 Å². The normalized spacial score (nSPS) is 11.5. The quantitative estimate of drug-likeness (QED) is 0.403. The summed E-state index contributed by atoms with van der Waals surface area (Å²) in [6.07, 6.45) is 2.80. The van der Waals surface area contributed by atoms with Gasteiger partial charge in [0.1, 0.15) is 0 Å². The fraction of sp³-hybridized carbons (Fsp3) is 0.400. The summed E-state index contributed by atoms with van der Waals surface area (Å²) >= 11 is 0. The van der Waals surface area contributed by atoms with Crippen molar-refractivity contribution in [2.75, 3.05) is 0 Å². The lowest BCUT2D eigenvalue weighted by Crippen LogP contribution is -2.09. The van der Waals surface area contributed by atoms with E-state index in [0.717, 1.165) is 0 Å². The van der Waals surface area contributed by atoms with Crippen LogP contribution < -0.4 is 0 Å². The summed E-state index contributed by atoms with van der Waals surface area (Å²) in [6.45, 7) is 1.48. The van der Waals surface area contributed by atoms with Crippen LogP contribution in [0, 0.1) is 12.3 Å². The van der Waals surface area contributed by atoms with Crippen LogP contribution in [-0.2, 0) is 4.74 Å². The smallest absolute Gasteiger partial charge is 0.450 e. The molecule has 0 bridgehead atoms. The van der Waals surface area contributed by atoms with Crippen LogP contribution in [0.3, 0.4) is 0 Å². The Morgan fingerprint density at radius 3 is 2.62 bits per heavy atom. The lowest BCUT2D eigenvalue weighted by atomic mass is 10.4. The second-order valence-corrected chi connectivity index (χ2v) is 1.19. The van der Waals surface area contributed by atoms with Crippen molar-refractivity contribution >= 4 is 6.16 Å². The van der Waals surface area contributed by atoms with Crippen molar-refractivity contribution in [3.63, 3.8) is 0 Å². The molecule has 8 heavy (non-hydrogen) atoms. The van der Waals surface area contributed by atoms with Crippen LogP contribution in [0.1, 0.15) is 6.92 Å². The molecule has 0 heterocycles. The Balaban J connectivity index is 3.43. The molecule has 0 radical (unpaired) electrons. The monoisotopic (exact) mass is 114 g/mol. The number of terminal acetylenes is 1. The Labute approximate surface area is 47.3 Å². The van der Waals surface area contributed by atoms with Crippen LogP contribution in [0.2, 0.25) is 0 Å². The van der Waals surface area contributed by atoms with E-state index in [1.165, 1.54) is 6.92 Å².